The van der Waals surface area contributed by atoms with Gasteiger partial charge in [-0.15, -0.1) is 0 Å². The monoisotopic (exact) mass is 264 g/mol. The Balaban J connectivity index is 2.33. The number of aryl methyl sites for hydroxylation is 1. The molecule has 2 unspecified atom stereocenters. The second-order valence-electron chi connectivity index (χ2n) is 4.79. The van der Waals surface area contributed by atoms with Crippen LogP contribution in [0.15, 0.2) is 18.2 Å². The molecule has 0 saturated carbocycles. The van der Waals surface area contributed by atoms with Crippen molar-refractivity contribution >= 4 is 5.97 Å². The minimum Gasteiger partial charge on any atom is -0.496 e. The van der Waals surface area contributed by atoms with E-state index < -0.39 is 11.9 Å². The lowest BCUT2D eigenvalue weighted by Crippen LogP contribution is -2.25. The van der Waals surface area contributed by atoms with Gasteiger partial charge >= 0.3 is 5.97 Å². The highest BCUT2D eigenvalue weighted by atomic mass is 16.5. The molecule has 4 heteroatoms. The molecule has 0 bridgehead atoms. The molecule has 0 spiro atoms. The second kappa shape index (κ2) is 6.06. The van der Waals surface area contributed by atoms with Crippen molar-refractivity contribution in [3.63, 3.8) is 0 Å². The van der Waals surface area contributed by atoms with E-state index in [9.17, 15) is 9.90 Å². The molecule has 1 heterocycles. The molecule has 104 valence electrons. The molecule has 0 amide bonds. The summed E-state index contributed by atoms with van der Waals surface area (Å²) in [6.45, 7) is 2.69. The normalized spacial score (nSPS) is 20.2. The lowest BCUT2D eigenvalue weighted by Gasteiger charge is -2.20. The summed E-state index contributed by atoms with van der Waals surface area (Å²) in [5, 5.41) is 9.47. The number of methoxy groups -OCH3 is 1. The van der Waals surface area contributed by atoms with Crippen LogP contribution in [0.5, 0.6) is 5.75 Å². The first-order valence-electron chi connectivity index (χ1n) is 6.68. The van der Waals surface area contributed by atoms with Gasteiger partial charge in [0.1, 0.15) is 11.7 Å². The second-order valence-corrected chi connectivity index (χ2v) is 4.79. The van der Waals surface area contributed by atoms with E-state index in [1.54, 1.807) is 7.11 Å². The number of carbonyl (C=O) groups is 1. The summed E-state index contributed by atoms with van der Waals surface area (Å²) < 4.78 is 10.8. The van der Waals surface area contributed by atoms with Crippen molar-refractivity contribution in [2.24, 2.45) is 0 Å². The zero-order valence-corrected chi connectivity index (χ0v) is 11.4. The van der Waals surface area contributed by atoms with E-state index in [0.717, 1.165) is 36.1 Å². The molecule has 1 aromatic carbocycles. The van der Waals surface area contributed by atoms with Crippen LogP contribution >= 0.6 is 0 Å². The number of aliphatic carboxylic acids is 1. The number of ether oxygens (including phenoxy) is 2. The Labute approximate surface area is 113 Å². The highest BCUT2D eigenvalue weighted by molar-refractivity contribution is 5.77. The first-order chi connectivity index (χ1) is 9.17. The number of carboxylic acids is 1. The predicted molar refractivity (Wildman–Crippen MR) is 71.7 cm³/mol. The number of hydrogen-bond donors (Lipinski definition) is 1. The van der Waals surface area contributed by atoms with Gasteiger partial charge in [-0.05, 0) is 36.5 Å². The van der Waals surface area contributed by atoms with E-state index in [4.69, 9.17) is 9.47 Å². The number of benzene rings is 1. The summed E-state index contributed by atoms with van der Waals surface area (Å²) in [6.07, 6.45) is 2.35. The maximum atomic E-state index is 11.5. The number of carboxylic acid groups (broad SMARTS) is 1. The highest BCUT2D eigenvalue weighted by Crippen LogP contribution is 2.32. The molecule has 4 nitrogen and oxygen atoms in total. The lowest BCUT2D eigenvalue weighted by atomic mass is 9.90. The molecule has 1 aromatic rings. The Hall–Kier alpha value is -1.55. The summed E-state index contributed by atoms with van der Waals surface area (Å²) in [5.74, 6) is -0.597. The molecule has 0 aliphatic carbocycles. The third kappa shape index (κ3) is 2.89. The van der Waals surface area contributed by atoms with Crippen molar-refractivity contribution in [3.05, 3.63) is 29.3 Å². The van der Waals surface area contributed by atoms with Gasteiger partial charge in [0.15, 0.2) is 0 Å². The van der Waals surface area contributed by atoms with Gasteiger partial charge in [-0.25, -0.2) is 0 Å². The summed E-state index contributed by atoms with van der Waals surface area (Å²) in [5.41, 5.74) is 1.83. The summed E-state index contributed by atoms with van der Waals surface area (Å²) in [7, 11) is 1.63. The number of hydrogen-bond acceptors (Lipinski definition) is 3. The largest absolute Gasteiger partial charge is 0.496 e. The SMILES string of the molecule is CCc1cc(C(C(=O)O)C2CCCO2)ccc1OC. The molecule has 1 N–H and O–H groups in total. The zero-order chi connectivity index (χ0) is 13.8. The maximum absolute atomic E-state index is 11.5. The first kappa shape index (κ1) is 13.9. The van der Waals surface area contributed by atoms with Crippen molar-refractivity contribution in [1.82, 2.24) is 0 Å². The van der Waals surface area contributed by atoms with Crippen LogP contribution in [0.2, 0.25) is 0 Å². The topological polar surface area (TPSA) is 55.8 Å². The van der Waals surface area contributed by atoms with Crippen LogP contribution in [0.4, 0.5) is 0 Å². The fourth-order valence-corrected chi connectivity index (χ4v) is 2.65. The van der Waals surface area contributed by atoms with Gasteiger partial charge in [0.25, 0.3) is 0 Å². The summed E-state index contributed by atoms with van der Waals surface area (Å²) in [6, 6.07) is 5.61. The first-order valence-corrected chi connectivity index (χ1v) is 6.68. The Kier molecular flexibility index (Phi) is 4.43. The maximum Gasteiger partial charge on any atom is 0.313 e. The Morgan fingerprint density at radius 2 is 2.37 bits per heavy atom. The molecule has 19 heavy (non-hydrogen) atoms. The molecule has 1 fully saturated rings. The molecule has 1 aliphatic rings. The Morgan fingerprint density at radius 1 is 1.58 bits per heavy atom. The van der Waals surface area contributed by atoms with Crippen LogP contribution in [0, 0.1) is 0 Å². The molecular weight excluding hydrogens is 244 g/mol. The smallest absolute Gasteiger partial charge is 0.313 e. The third-order valence-corrected chi connectivity index (χ3v) is 3.65. The third-order valence-electron chi connectivity index (χ3n) is 3.65. The molecule has 0 radical (unpaired) electrons. The van der Waals surface area contributed by atoms with Crippen molar-refractivity contribution < 1.29 is 19.4 Å². The van der Waals surface area contributed by atoms with Crippen molar-refractivity contribution in [3.8, 4) is 5.75 Å². The lowest BCUT2D eigenvalue weighted by molar-refractivity contribution is -0.141. The van der Waals surface area contributed by atoms with Gasteiger partial charge < -0.3 is 14.6 Å². The van der Waals surface area contributed by atoms with E-state index in [1.807, 2.05) is 25.1 Å². The quantitative estimate of drug-likeness (QED) is 0.888. The molecule has 0 aromatic heterocycles. The predicted octanol–water partition coefficient (Wildman–Crippen LogP) is 2.60. The zero-order valence-electron chi connectivity index (χ0n) is 11.4. The van der Waals surface area contributed by atoms with Crippen LogP contribution < -0.4 is 4.74 Å². The standard InChI is InChI=1S/C15H20O4/c1-3-10-9-11(6-7-12(10)18-2)14(15(16)17)13-5-4-8-19-13/h6-7,9,13-14H,3-5,8H2,1-2H3,(H,16,17). The average Bonchev–Trinajstić information content (AvgIpc) is 2.92. The molecule has 2 rings (SSSR count). The average molecular weight is 264 g/mol. The van der Waals surface area contributed by atoms with Gasteiger partial charge in [0.05, 0.1) is 13.2 Å². The van der Waals surface area contributed by atoms with Crippen LogP contribution in [0.3, 0.4) is 0 Å². The number of rotatable bonds is 5. The fraction of sp³-hybridized carbons (Fsp3) is 0.533. The molecule has 2 atom stereocenters. The minimum atomic E-state index is -0.820. The van der Waals surface area contributed by atoms with Crippen LogP contribution in [0.1, 0.15) is 36.8 Å². The van der Waals surface area contributed by atoms with Crippen LogP contribution in [0.25, 0.3) is 0 Å². The summed E-state index contributed by atoms with van der Waals surface area (Å²) in [4.78, 5) is 11.5. The van der Waals surface area contributed by atoms with Gasteiger partial charge in [0.2, 0.25) is 0 Å². The Morgan fingerprint density at radius 3 is 2.89 bits per heavy atom. The highest BCUT2D eigenvalue weighted by Gasteiger charge is 2.33. The van der Waals surface area contributed by atoms with Gasteiger partial charge in [-0.1, -0.05) is 19.1 Å². The van der Waals surface area contributed by atoms with Gasteiger partial charge in [-0.3, -0.25) is 4.79 Å². The molecular formula is C15H20O4. The van der Waals surface area contributed by atoms with E-state index in [-0.39, 0.29) is 6.10 Å². The summed E-state index contributed by atoms with van der Waals surface area (Å²) >= 11 is 0. The van der Waals surface area contributed by atoms with E-state index >= 15 is 0 Å². The van der Waals surface area contributed by atoms with E-state index in [1.165, 1.54) is 0 Å². The minimum absolute atomic E-state index is 0.212. The van der Waals surface area contributed by atoms with Crippen molar-refractivity contribution in [2.45, 2.75) is 38.2 Å². The van der Waals surface area contributed by atoms with Crippen molar-refractivity contribution in [2.75, 3.05) is 13.7 Å². The molecule has 1 saturated heterocycles. The Bertz CT molecular complexity index is 449. The van der Waals surface area contributed by atoms with E-state index in [0.29, 0.717) is 6.61 Å². The van der Waals surface area contributed by atoms with Gasteiger partial charge in [-0.2, -0.15) is 0 Å². The molecule has 1 aliphatic heterocycles. The van der Waals surface area contributed by atoms with Crippen LogP contribution in [-0.4, -0.2) is 30.9 Å². The fourth-order valence-electron chi connectivity index (χ4n) is 2.65. The van der Waals surface area contributed by atoms with Gasteiger partial charge in [0, 0.05) is 6.61 Å². The van der Waals surface area contributed by atoms with E-state index in [2.05, 4.69) is 0 Å². The van der Waals surface area contributed by atoms with Crippen molar-refractivity contribution in [1.29, 1.82) is 0 Å². The van der Waals surface area contributed by atoms with Crippen LogP contribution in [-0.2, 0) is 16.0 Å².